The Morgan fingerprint density at radius 3 is 2.53 bits per heavy atom. The van der Waals surface area contributed by atoms with Gasteiger partial charge in [-0.1, -0.05) is 36.8 Å². The molecule has 6 nitrogen and oxygen atoms in total. The summed E-state index contributed by atoms with van der Waals surface area (Å²) in [5, 5.41) is 13.4. The highest BCUT2D eigenvalue weighted by molar-refractivity contribution is 5.74. The van der Waals surface area contributed by atoms with Gasteiger partial charge in [-0.2, -0.15) is 0 Å². The molecule has 0 spiro atoms. The van der Waals surface area contributed by atoms with Gasteiger partial charge in [0.05, 0.1) is 13.2 Å². The number of carbonyl (C=O) groups is 1. The van der Waals surface area contributed by atoms with Gasteiger partial charge in [-0.15, -0.1) is 0 Å². The van der Waals surface area contributed by atoms with Crippen LogP contribution in [0.5, 0.6) is 0 Å². The summed E-state index contributed by atoms with van der Waals surface area (Å²) in [5.41, 5.74) is 2.25. The number of aliphatic hydroxyl groups excluding tert-OH is 1. The summed E-state index contributed by atoms with van der Waals surface area (Å²) in [7, 11) is 4.03. The zero-order chi connectivity index (χ0) is 22.5. The second kappa shape index (κ2) is 10.7. The molecule has 0 unspecified atom stereocenters. The number of rotatable bonds is 4. The van der Waals surface area contributed by atoms with E-state index >= 15 is 0 Å². The van der Waals surface area contributed by atoms with Crippen LogP contribution in [0.3, 0.4) is 0 Å². The molecular weight excluding hydrogens is 400 g/mol. The van der Waals surface area contributed by atoms with Gasteiger partial charge in [0.25, 0.3) is 0 Å². The van der Waals surface area contributed by atoms with E-state index in [1.165, 1.54) is 18.4 Å². The van der Waals surface area contributed by atoms with Crippen molar-refractivity contribution in [1.29, 1.82) is 0 Å². The fourth-order valence-corrected chi connectivity index (χ4v) is 5.55. The summed E-state index contributed by atoms with van der Waals surface area (Å²) < 4.78 is 0. The highest BCUT2D eigenvalue weighted by Crippen LogP contribution is 2.42. The van der Waals surface area contributed by atoms with Gasteiger partial charge in [0, 0.05) is 42.7 Å². The molecule has 1 aromatic carbocycles. The van der Waals surface area contributed by atoms with Crippen LogP contribution in [0.2, 0.25) is 0 Å². The van der Waals surface area contributed by atoms with Crippen LogP contribution in [0.15, 0.2) is 24.3 Å². The quantitative estimate of drug-likeness (QED) is 0.709. The number of aliphatic hydroxyl groups is 1. The van der Waals surface area contributed by atoms with Crippen molar-refractivity contribution in [2.75, 3.05) is 46.9 Å². The summed E-state index contributed by atoms with van der Waals surface area (Å²) >= 11 is 0. The number of nitrogens with zero attached hydrogens (tertiary/aromatic N) is 3. The normalized spacial score (nSPS) is 26.5. The Balaban J connectivity index is 1.46. The topological polar surface area (TPSA) is 59.0 Å². The minimum atomic E-state index is 0.0939. The lowest BCUT2D eigenvalue weighted by Crippen LogP contribution is -2.68. The summed E-state index contributed by atoms with van der Waals surface area (Å²) in [6.45, 7) is 3.44. The van der Waals surface area contributed by atoms with Crippen molar-refractivity contribution in [3.63, 3.8) is 0 Å². The number of amides is 2. The Kier molecular flexibility index (Phi) is 7.72. The molecule has 174 valence electrons. The van der Waals surface area contributed by atoms with E-state index in [0.717, 1.165) is 57.4 Å². The monoisotopic (exact) mass is 438 g/mol. The third kappa shape index (κ3) is 5.28. The molecular formula is C26H38N4O2. The van der Waals surface area contributed by atoms with Gasteiger partial charge in [0.1, 0.15) is 0 Å². The van der Waals surface area contributed by atoms with Gasteiger partial charge in [0.15, 0.2) is 0 Å². The van der Waals surface area contributed by atoms with E-state index in [4.69, 9.17) is 0 Å². The lowest BCUT2D eigenvalue weighted by molar-refractivity contribution is -0.0591. The first-order valence-corrected chi connectivity index (χ1v) is 12.2. The highest BCUT2D eigenvalue weighted by Gasteiger charge is 2.49. The third-order valence-corrected chi connectivity index (χ3v) is 7.26. The zero-order valence-electron chi connectivity index (χ0n) is 19.6. The van der Waals surface area contributed by atoms with Crippen LogP contribution in [0.25, 0.3) is 0 Å². The fourth-order valence-electron chi connectivity index (χ4n) is 5.55. The van der Waals surface area contributed by atoms with Gasteiger partial charge in [0.2, 0.25) is 0 Å². The van der Waals surface area contributed by atoms with Crippen LogP contribution < -0.4 is 5.32 Å². The molecule has 0 radical (unpaired) electrons. The van der Waals surface area contributed by atoms with Crippen LogP contribution in [0.4, 0.5) is 4.79 Å². The smallest absolute Gasteiger partial charge is 0.317 e. The first-order chi connectivity index (χ1) is 15.6. The van der Waals surface area contributed by atoms with E-state index in [1.54, 1.807) is 0 Å². The standard InChI is InChI=1S/C26H38N4O2/c1-28(2)15-7-8-20-11-13-21(14-12-20)25-23-18-29(26(32)27-22-9-3-4-10-22)16-5-6-17-30(23)24(25)19-31/h11-14,22-25,31H,3-6,9-10,15-19H2,1-2H3,(H,27,32)/t23-,24+,25-/m1/s1. The number of carbonyl (C=O) groups excluding carboxylic acids is 1. The number of benzene rings is 1. The van der Waals surface area contributed by atoms with Crippen molar-refractivity contribution in [2.45, 2.75) is 62.6 Å². The molecule has 2 saturated heterocycles. The van der Waals surface area contributed by atoms with Crippen LogP contribution in [-0.4, -0.2) is 90.8 Å². The third-order valence-electron chi connectivity index (χ3n) is 7.26. The Morgan fingerprint density at radius 1 is 1.12 bits per heavy atom. The average Bonchev–Trinajstić information content (AvgIpc) is 3.26. The molecule has 4 rings (SSSR count). The molecule has 3 atom stereocenters. The lowest BCUT2D eigenvalue weighted by Gasteiger charge is -2.57. The van der Waals surface area contributed by atoms with Crippen LogP contribution in [0.1, 0.15) is 55.6 Å². The van der Waals surface area contributed by atoms with E-state index in [0.29, 0.717) is 6.04 Å². The number of urea groups is 1. The van der Waals surface area contributed by atoms with Gasteiger partial charge in [-0.25, -0.2) is 4.79 Å². The summed E-state index contributed by atoms with van der Waals surface area (Å²) in [6, 6.07) is 9.31. The van der Waals surface area contributed by atoms with Crippen LogP contribution in [0, 0.1) is 11.8 Å². The Hall–Kier alpha value is -2.07. The largest absolute Gasteiger partial charge is 0.395 e. The molecule has 1 aliphatic carbocycles. The van der Waals surface area contributed by atoms with E-state index in [2.05, 4.69) is 51.2 Å². The van der Waals surface area contributed by atoms with Gasteiger partial charge in [-0.05, 0) is 64.0 Å². The van der Waals surface area contributed by atoms with Crippen LogP contribution in [-0.2, 0) is 0 Å². The second-order valence-corrected chi connectivity index (χ2v) is 9.83. The molecule has 1 aromatic rings. The number of nitrogens with one attached hydrogen (secondary N) is 1. The van der Waals surface area contributed by atoms with E-state index in [1.807, 2.05) is 19.0 Å². The first kappa shape index (κ1) is 23.1. The molecule has 0 bridgehead atoms. The van der Waals surface area contributed by atoms with Crippen molar-refractivity contribution >= 4 is 6.03 Å². The van der Waals surface area contributed by atoms with Gasteiger partial charge < -0.3 is 15.3 Å². The van der Waals surface area contributed by atoms with Crippen molar-refractivity contribution in [3.05, 3.63) is 35.4 Å². The Morgan fingerprint density at radius 2 is 1.84 bits per heavy atom. The molecule has 1 saturated carbocycles. The maximum Gasteiger partial charge on any atom is 0.317 e. The van der Waals surface area contributed by atoms with Gasteiger partial charge >= 0.3 is 6.03 Å². The maximum atomic E-state index is 13.0. The molecule has 2 aliphatic heterocycles. The SMILES string of the molecule is CN(C)CC#Cc1ccc([C@@H]2[C@H]3CN(C(=O)NC4CCCC4)CCCCN3[C@H]2CO)cc1. The van der Waals surface area contributed by atoms with E-state index in [-0.39, 0.29) is 30.6 Å². The molecule has 2 amide bonds. The second-order valence-electron chi connectivity index (χ2n) is 9.83. The van der Waals surface area contributed by atoms with Crippen molar-refractivity contribution in [1.82, 2.24) is 20.0 Å². The zero-order valence-corrected chi connectivity index (χ0v) is 19.6. The summed E-state index contributed by atoms with van der Waals surface area (Å²) in [5.74, 6) is 6.64. The van der Waals surface area contributed by atoms with E-state index in [9.17, 15) is 9.90 Å². The average molecular weight is 439 g/mol. The van der Waals surface area contributed by atoms with Gasteiger partial charge in [-0.3, -0.25) is 9.80 Å². The van der Waals surface area contributed by atoms with E-state index < -0.39 is 0 Å². The predicted octanol–water partition coefficient (Wildman–Crippen LogP) is 2.48. The number of fused-ring (bicyclic) bond motifs is 1. The molecule has 6 heteroatoms. The molecule has 0 aromatic heterocycles. The van der Waals surface area contributed by atoms with Crippen molar-refractivity contribution < 1.29 is 9.90 Å². The lowest BCUT2D eigenvalue weighted by atomic mass is 9.74. The Bertz CT molecular complexity index is 822. The Labute approximate surface area is 192 Å². The minimum absolute atomic E-state index is 0.0939. The molecule has 2 N–H and O–H groups in total. The minimum Gasteiger partial charge on any atom is -0.395 e. The van der Waals surface area contributed by atoms with Crippen molar-refractivity contribution in [2.24, 2.45) is 0 Å². The maximum absolute atomic E-state index is 13.0. The van der Waals surface area contributed by atoms with Crippen molar-refractivity contribution in [3.8, 4) is 11.8 Å². The summed E-state index contributed by atoms with van der Waals surface area (Å²) in [6.07, 6.45) is 6.73. The molecule has 3 fully saturated rings. The molecule has 3 aliphatic rings. The first-order valence-electron chi connectivity index (χ1n) is 12.2. The number of hydrogen-bond donors (Lipinski definition) is 2. The molecule has 32 heavy (non-hydrogen) atoms. The fraction of sp³-hybridized carbons (Fsp3) is 0.654. The predicted molar refractivity (Wildman–Crippen MR) is 128 cm³/mol. The highest BCUT2D eigenvalue weighted by atomic mass is 16.3. The number of hydrogen-bond acceptors (Lipinski definition) is 4. The van der Waals surface area contributed by atoms with Crippen LogP contribution >= 0.6 is 0 Å². The summed E-state index contributed by atoms with van der Waals surface area (Å²) in [4.78, 5) is 19.5. The molecule has 2 heterocycles.